The van der Waals surface area contributed by atoms with E-state index in [1.54, 1.807) is 0 Å². The fraction of sp³-hybridized carbons (Fsp3) is 0.955. The third-order valence-corrected chi connectivity index (χ3v) is 7.51. The molecule has 0 aromatic heterocycles. The Morgan fingerprint density at radius 1 is 0.850 bits per heavy atom. The molecule has 40 heavy (non-hydrogen) atoms. The molecule has 1 saturated carbocycles. The van der Waals surface area contributed by atoms with Crippen molar-refractivity contribution >= 4 is 5.91 Å². The number of nitrogens with two attached hydrogens (primary N) is 4. The molecule has 0 aromatic rings. The molecule has 0 unspecified atom stereocenters. The summed E-state index contributed by atoms with van der Waals surface area (Å²) in [5.41, 5.74) is 23.1. The monoisotopic (exact) mass is 585 g/mol. The van der Waals surface area contributed by atoms with Gasteiger partial charge in [-0.25, -0.2) is 0 Å². The van der Waals surface area contributed by atoms with Crippen molar-refractivity contribution < 1.29 is 64.6 Å². The van der Waals surface area contributed by atoms with Crippen LogP contribution in [-0.2, 0) is 23.7 Å². The molecule has 0 aromatic carbocycles. The quantitative estimate of drug-likeness (QED) is 0.113. The molecule has 1 aliphatic carbocycles. The topological polar surface area (TPSA) is 332 Å². The van der Waals surface area contributed by atoms with Gasteiger partial charge in [0.25, 0.3) is 0 Å². The van der Waals surface area contributed by atoms with E-state index in [9.17, 15) is 45.6 Å². The van der Waals surface area contributed by atoms with Gasteiger partial charge in [-0.05, 0) is 19.4 Å². The summed E-state index contributed by atoms with van der Waals surface area (Å²) in [5.74, 6) is -0.845. The molecule has 3 fully saturated rings. The van der Waals surface area contributed by atoms with Crippen molar-refractivity contribution in [3.63, 3.8) is 0 Å². The standard InChI is InChI=1S/C22H43N5O13/c23-2-1-8(29)20(36)27-7-3-6(25)18(39-22-16(34)15(33)13(31)9(4-24)37-22)17(35)19(7)40-21-14(32)11(26)12(30)10(5-28)38-21/h6-19,21-22,28-35H,1-5,23-26H2,(H,27,36)/t6-,7+,8-,9+,10+,11-,12+,13-,14+,15-,16+,17-,18+,19+,21+,22+/m0/s1. The summed E-state index contributed by atoms with van der Waals surface area (Å²) >= 11 is 0. The largest absolute Gasteiger partial charge is 0.394 e. The van der Waals surface area contributed by atoms with Gasteiger partial charge in [0.2, 0.25) is 5.91 Å². The highest BCUT2D eigenvalue weighted by atomic mass is 16.7. The SMILES string of the molecule is NCC[C@H](O)C(=O)N[C@@H]1C[C@H](N)[C@@H](O[C@H]2O[C@H](CN)[C@H](O)[C@H](O)[C@H]2O)[C@H](O)[C@@H]1O[C@H]1O[C@H](CO)[C@@H](O)[C@H](N)[C@H]1O. The third-order valence-electron chi connectivity index (χ3n) is 7.51. The summed E-state index contributed by atoms with van der Waals surface area (Å²) in [6, 6.07) is -3.45. The van der Waals surface area contributed by atoms with Crippen molar-refractivity contribution in [2.24, 2.45) is 22.9 Å². The van der Waals surface area contributed by atoms with E-state index >= 15 is 0 Å². The lowest BCUT2D eigenvalue weighted by atomic mass is 9.83. The Morgan fingerprint density at radius 2 is 1.45 bits per heavy atom. The first-order valence-electron chi connectivity index (χ1n) is 13.1. The van der Waals surface area contributed by atoms with E-state index in [4.69, 9.17) is 41.9 Å². The summed E-state index contributed by atoms with van der Waals surface area (Å²) in [4.78, 5) is 12.6. The van der Waals surface area contributed by atoms with Crippen molar-refractivity contribution in [3.8, 4) is 0 Å². The molecule has 0 bridgehead atoms. The first-order chi connectivity index (χ1) is 18.9. The maximum Gasteiger partial charge on any atom is 0.249 e. The lowest BCUT2D eigenvalue weighted by Gasteiger charge is -2.49. The maximum absolute atomic E-state index is 12.6. The first kappa shape index (κ1) is 33.3. The molecule has 2 aliphatic heterocycles. The first-order valence-corrected chi connectivity index (χ1v) is 13.1. The zero-order valence-corrected chi connectivity index (χ0v) is 21.7. The van der Waals surface area contributed by atoms with E-state index in [0.29, 0.717) is 0 Å². The van der Waals surface area contributed by atoms with E-state index in [0.717, 1.165) is 0 Å². The van der Waals surface area contributed by atoms with Gasteiger partial charge in [-0.3, -0.25) is 4.79 Å². The Hall–Kier alpha value is -1.17. The molecule has 3 aliphatic rings. The van der Waals surface area contributed by atoms with Crippen LogP contribution in [0.25, 0.3) is 0 Å². The molecule has 234 valence electrons. The number of aliphatic hydroxyl groups excluding tert-OH is 8. The Bertz CT molecular complexity index is 815. The molecule has 18 heteroatoms. The number of amides is 1. The number of carbonyl (C=O) groups is 1. The van der Waals surface area contributed by atoms with Crippen LogP contribution in [0.5, 0.6) is 0 Å². The van der Waals surface area contributed by atoms with Gasteiger partial charge in [0.1, 0.15) is 67.1 Å². The Balaban J connectivity index is 1.85. The maximum atomic E-state index is 12.6. The zero-order valence-electron chi connectivity index (χ0n) is 21.7. The molecule has 0 spiro atoms. The highest BCUT2D eigenvalue weighted by Crippen LogP contribution is 2.32. The number of aliphatic hydroxyl groups is 8. The summed E-state index contributed by atoms with van der Waals surface area (Å²) < 4.78 is 22.5. The minimum absolute atomic E-state index is 0.0101. The van der Waals surface area contributed by atoms with Gasteiger partial charge >= 0.3 is 0 Å². The lowest BCUT2D eigenvalue weighted by Crippen LogP contribution is -2.69. The molecule has 18 nitrogen and oxygen atoms in total. The van der Waals surface area contributed by atoms with Crippen LogP contribution in [-0.4, -0.2) is 164 Å². The molecule has 17 N–H and O–H groups in total. The highest BCUT2D eigenvalue weighted by molar-refractivity contribution is 5.80. The average molecular weight is 586 g/mol. The van der Waals surface area contributed by atoms with Crippen LogP contribution < -0.4 is 28.3 Å². The van der Waals surface area contributed by atoms with E-state index in [1.807, 2.05) is 0 Å². The number of nitrogens with one attached hydrogen (secondary N) is 1. The Labute approximate surface area is 229 Å². The van der Waals surface area contributed by atoms with Crippen LogP contribution in [0.2, 0.25) is 0 Å². The molecule has 2 heterocycles. The van der Waals surface area contributed by atoms with Gasteiger partial charge in [-0.2, -0.15) is 0 Å². The smallest absolute Gasteiger partial charge is 0.249 e. The van der Waals surface area contributed by atoms with Crippen molar-refractivity contribution in [1.29, 1.82) is 0 Å². The summed E-state index contributed by atoms with van der Waals surface area (Å²) in [6.07, 6.45) is -19.8. The number of hydrogen-bond donors (Lipinski definition) is 13. The molecular formula is C22H43N5O13. The van der Waals surface area contributed by atoms with Crippen LogP contribution in [0, 0.1) is 0 Å². The Morgan fingerprint density at radius 3 is 2.05 bits per heavy atom. The van der Waals surface area contributed by atoms with Crippen LogP contribution in [0.3, 0.4) is 0 Å². The van der Waals surface area contributed by atoms with Gasteiger partial charge in [0.05, 0.1) is 18.7 Å². The number of ether oxygens (including phenoxy) is 4. The van der Waals surface area contributed by atoms with Crippen LogP contribution >= 0.6 is 0 Å². The van der Waals surface area contributed by atoms with Gasteiger partial charge in [-0.15, -0.1) is 0 Å². The molecular weight excluding hydrogens is 542 g/mol. The number of rotatable bonds is 10. The molecule has 1 amide bonds. The third kappa shape index (κ3) is 7.06. The van der Waals surface area contributed by atoms with Gasteiger partial charge in [0.15, 0.2) is 12.6 Å². The van der Waals surface area contributed by atoms with Crippen molar-refractivity contribution in [3.05, 3.63) is 0 Å². The number of hydrogen-bond acceptors (Lipinski definition) is 17. The molecule has 2 saturated heterocycles. The molecule has 16 atom stereocenters. The van der Waals surface area contributed by atoms with E-state index < -0.39 is 110 Å². The second kappa shape index (κ2) is 14.3. The minimum Gasteiger partial charge on any atom is -0.394 e. The van der Waals surface area contributed by atoms with Crippen LogP contribution in [0.15, 0.2) is 0 Å². The highest BCUT2D eigenvalue weighted by Gasteiger charge is 2.52. The Kier molecular flexibility index (Phi) is 11.9. The molecule has 3 rings (SSSR count). The van der Waals surface area contributed by atoms with Gasteiger partial charge in [-0.1, -0.05) is 0 Å². The summed E-state index contributed by atoms with van der Waals surface area (Å²) in [5, 5.41) is 84.9. The lowest BCUT2D eigenvalue weighted by molar-refractivity contribution is -0.332. The minimum atomic E-state index is -1.76. The number of carbonyl (C=O) groups excluding carboxylic acids is 1. The van der Waals surface area contributed by atoms with Crippen molar-refractivity contribution in [2.45, 2.75) is 111 Å². The van der Waals surface area contributed by atoms with Crippen molar-refractivity contribution in [1.82, 2.24) is 5.32 Å². The van der Waals surface area contributed by atoms with Gasteiger partial charge in [0, 0.05) is 12.6 Å². The van der Waals surface area contributed by atoms with E-state index in [2.05, 4.69) is 5.32 Å². The molecule has 0 radical (unpaired) electrons. The predicted octanol–water partition coefficient (Wildman–Crippen LogP) is -8.42. The van der Waals surface area contributed by atoms with Crippen molar-refractivity contribution in [2.75, 3.05) is 19.7 Å². The van der Waals surface area contributed by atoms with E-state index in [-0.39, 0.29) is 25.9 Å². The van der Waals surface area contributed by atoms with E-state index in [1.165, 1.54) is 0 Å². The zero-order chi connectivity index (χ0) is 29.9. The fourth-order valence-electron chi connectivity index (χ4n) is 5.07. The van der Waals surface area contributed by atoms with Crippen LogP contribution in [0.1, 0.15) is 12.8 Å². The average Bonchev–Trinajstić information content (AvgIpc) is 2.92. The fourth-order valence-corrected chi connectivity index (χ4v) is 5.07. The van der Waals surface area contributed by atoms with Crippen LogP contribution in [0.4, 0.5) is 0 Å². The normalized spacial score (nSPS) is 47.0. The second-order valence-electron chi connectivity index (χ2n) is 10.3. The summed E-state index contributed by atoms with van der Waals surface area (Å²) in [6.45, 7) is -0.898. The summed E-state index contributed by atoms with van der Waals surface area (Å²) in [7, 11) is 0. The van der Waals surface area contributed by atoms with Gasteiger partial charge < -0.3 is 88.1 Å². The second-order valence-corrected chi connectivity index (χ2v) is 10.3. The predicted molar refractivity (Wildman–Crippen MR) is 131 cm³/mol.